The summed E-state index contributed by atoms with van der Waals surface area (Å²) in [6.07, 6.45) is 1.69. The molecule has 1 aromatic carbocycles. The highest BCUT2D eigenvalue weighted by Gasteiger charge is 2.10. The SMILES string of the molecule is CC(Nc1ccc(F)c(F)c1)c1ccnn1C. The molecule has 0 amide bonds. The molecule has 1 N–H and O–H groups in total. The van der Waals surface area contributed by atoms with E-state index >= 15 is 0 Å². The normalized spacial score (nSPS) is 12.5. The van der Waals surface area contributed by atoms with Crippen molar-refractivity contribution in [3.8, 4) is 0 Å². The molecule has 1 heterocycles. The molecule has 2 rings (SSSR count). The van der Waals surface area contributed by atoms with Crippen molar-refractivity contribution in [3.05, 3.63) is 47.8 Å². The molecule has 0 saturated heterocycles. The summed E-state index contributed by atoms with van der Waals surface area (Å²) < 4.78 is 27.5. The van der Waals surface area contributed by atoms with Gasteiger partial charge in [-0.2, -0.15) is 5.10 Å². The molecule has 0 spiro atoms. The molecular formula is C12H13F2N3. The van der Waals surface area contributed by atoms with E-state index in [4.69, 9.17) is 0 Å². The molecule has 0 saturated carbocycles. The summed E-state index contributed by atoms with van der Waals surface area (Å²) in [5, 5.41) is 7.14. The molecule has 0 bridgehead atoms. The van der Waals surface area contributed by atoms with Crippen LogP contribution in [0.2, 0.25) is 0 Å². The van der Waals surface area contributed by atoms with E-state index in [9.17, 15) is 8.78 Å². The van der Waals surface area contributed by atoms with Gasteiger partial charge in [-0.05, 0) is 25.1 Å². The maximum Gasteiger partial charge on any atom is 0.160 e. The Hall–Kier alpha value is -1.91. The zero-order valence-corrected chi connectivity index (χ0v) is 9.61. The van der Waals surface area contributed by atoms with Gasteiger partial charge < -0.3 is 5.32 Å². The zero-order chi connectivity index (χ0) is 12.4. The Balaban J connectivity index is 2.16. The largest absolute Gasteiger partial charge is 0.377 e. The molecule has 0 aliphatic rings. The van der Waals surface area contributed by atoms with E-state index in [1.165, 1.54) is 6.07 Å². The average Bonchev–Trinajstić information content (AvgIpc) is 2.70. The molecular weight excluding hydrogens is 224 g/mol. The number of nitrogens with zero attached hydrogens (tertiary/aromatic N) is 2. The van der Waals surface area contributed by atoms with Gasteiger partial charge in [-0.25, -0.2) is 8.78 Å². The Kier molecular flexibility index (Phi) is 3.08. The summed E-state index contributed by atoms with van der Waals surface area (Å²) in [6, 6.07) is 5.59. The zero-order valence-electron chi connectivity index (χ0n) is 9.61. The minimum absolute atomic E-state index is 0.0349. The molecule has 5 heteroatoms. The van der Waals surface area contributed by atoms with Gasteiger partial charge in [0.1, 0.15) is 0 Å². The lowest BCUT2D eigenvalue weighted by Crippen LogP contribution is -2.11. The van der Waals surface area contributed by atoms with Crippen LogP contribution >= 0.6 is 0 Å². The molecule has 0 aliphatic carbocycles. The van der Waals surface area contributed by atoms with Crippen LogP contribution in [0.15, 0.2) is 30.5 Å². The summed E-state index contributed by atoms with van der Waals surface area (Å²) in [6.45, 7) is 1.93. The molecule has 2 aromatic rings. The van der Waals surface area contributed by atoms with Crippen LogP contribution in [-0.4, -0.2) is 9.78 Å². The first kappa shape index (κ1) is 11.6. The Morgan fingerprint density at radius 1 is 1.24 bits per heavy atom. The third kappa shape index (κ3) is 2.43. The maximum absolute atomic E-state index is 13.0. The van der Waals surface area contributed by atoms with Gasteiger partial charge in [-0.1, -0.05) is 0 Å². The van der Waals surface area contributed by atoms with Crippen LogP contribution in [0, 0.1) is 11.6 Å². The predicted octanol–water partition coefficient (Wildman–Crippen LogP) is 2.87. The Morgan fingerprint density at radius 3 is 2.59 bits per heavy atom. The molecule has 1 aromatic heterocycles. The Labute approximate surface area is 98.1 Å². The van der Waals surface area contributed by atoms with E-state index in [1.807, 2.05) is 20.0 Å². The summed E-state index contributed by atoms with van der Waals surface area (Å²) in [5.41, 5.74) is 1.51. The molecule has 3 nitrogen and oxygen atoms in total. The van der Waals surface area contributed by atoms with Gasteiger partial charge >= 0.3 is 0 Å². The first-order valence-electron chi connectivity index (χ1n) is 5.27. The van der Waals surface area contributed by atoms with Crippen LogP contribution in [0.5, 0.6) is 0 Å². The monoisotopic (exact) mass is 237 g/mol. The Bertz CT molecular complexity index is 522. The van der Waals surface area contributed by atoms with E-state index in [0.29, 0.717) is 5.69 Å². The van der Waals surface area contributed by atoms with E-state index in [-0.39, 0.29) is 6.04 Å². The second-order valence-electron chi connectivity index (χ2n) is 3.87. The van der Waals surface area contributed by atoms with Gasteiger partial charge in [0.15, 0.2) is 11.6 Å². The van der Waals surface area contributed by atoms with Gasteiger partial charge in [0, 0.05) is 25.0 Å². The summed E-state index contributed by atoms with van der Waals surface area (Å²) in [4.78, 5) is 0. The minimum Gasteiger partial charge on any atom is -0.377 e. The van der Waals surface area contributed by atoms with E-state index in [1.54, 1.807) is 10.9 Å². The number of halogens is 2. The second kappa shape index (κ2) is 4.53. The molecule has 1 unspecified atom stereocenters. The van der Waals surface area contributed by atoms with Gasteiger partial charge in [0.2, 0.25) is 0 Å². The second-order valence-corrected chi connectivity index (χ2v) is 3.87. The standard InChI is InChI=1S/C12H13F2N3/c1-8(12-5-6-15-17(12)2)16-9-3-4-10(13)11(14)7-9/h3-8,16H,1-2H3. The minimum atomic E-state index is -0.854. The van der Waals surface area contributed by atoms with Gasteiger partial charge in [0.25, 0.3) is 0 Å². The fourth-order valence-corrected chi connectivity index (χ4v) is 1.72. The number of benzene rings is 1. The van der Waals surface area contributed by atoms with Crippen LogP contribution in [0.1, 0.15) is 18.7 Å². The number of anilines is 1. The van der Waals surface area contributed by atoms with E-state index < -0.39 is 11.6 Å². The lowest BCUT2D eigenvalue weighted by Gasteiger charge is -2.15. The van der Waals surface area contributed by atoms with Crippen LogP contribution in [0.3, 0.4) is 0 Å². The number of rotatable bonds is 3. The van der Waals surface area contributed by atoms with Gasteiger partial charge in [-0.15, -0.1) is 0 Å². The van der Waals surface area contributed by atoms with Crippen LogP contribution in [-0.2, 0) is 7.05 Å². The fraction of sp³-hybridized carbons (Fsp3) is 0.250. The number of hydrogen-bond donors (Lipinski definition) is 1. The van der Waals surface area contributed by atoms with E-state index in [2.05, 4.69) is 10.4 Å². The summed E-state index contributed by atoms with van der Waals surface area (Å²) in [7, 11) is 1.83. The lowest BCUT2D eigenvalue weighted by molar-refractivity contribution is 0.509. The number of hydrogen-bond acceptors (Lipinski definition) is 2. The molecule has 0 fully saturated rings. The van der Waals surface area contributed by atoms with Crippen LogP contribution in [0.25, 0.3) is 0 Å². The van der Waals surface area contributed by atoms with Crippen molar-refractivity contribution in [2.45, 2.75) is 13.0 Å². The van der Waals surface area contributed by atoms with Crippen molar-refractivity contribution >= 4 is 5.69 Å². The first-order valence-corrected chi connectivity index (χ1v) is 5.27. The maximum atomic E-state index is 13.0. The molecule has 1 atom stereocenters. The highest BCUT2D eigenvalue weighted by Crippen LogP contribution is 2.20. The Morgan fingerprint density at radius 2 is 2.00 bits per heavy atom. The lowest BCUT2D eigenvalue weighted by atomic mass is 10.2. The van der Waals surface area contributed by atoms with Crippen molar-refractivity contribution in [2.24, 2.45) is 7.05 Å². The number of aryl methyl sites for hydroxylation is 1. The van der Waals surface area contributed by atoms with Crippen molar-refractivity contribution in [1.29, 1.82) is 0 Å². The van der Waals surface area contributed by atoms with Gasteiger partial charge in [-0.3, -0.25) is 4.68 Å². The highest BCUT2D eigenvalue weighted by atomic mass is 19.2. The average molecular weight is 237 g/mol. The smallest absolute Gasteiger partial charge is 0.160 e. The molecule has 90 valence electrons. The van der Waals surface area contributed by atoms with Crippen molar-refractivity contribution in [1.82, 2.24) is 9.78 Å². The van der Waals surface area contributed by atoms with Crippen molar-refractivity contribution < 1.29 is 8.78 Å². The summed E-state index contributed by atoms with van der Waals surface area (Å²) >= 11 is 0. The molecule has 0 aliphatic heterocycles. The first-order chi connectivity index (χ1) is 8.08. The predicted molar refractivity (Wildman–Crippen MR) is 61.6 cm³/mol. The van der Waals surface area contributed by atoms with Crippen LogP contribution < -0.4 is 5.32 Å². The van der Waals surface area contributed by atoms with Crippen molar-refractivity contribution in [3.63, 3.8) is 0 Å². The third-order valence-corrected chi connectivity index (χ3v) is 2.61. The topological polar surface area (TPSA) is 29.9 Å². The van der Waals surface area contributed by atoms with Crippen LogP contribution in [0.4, 0.5) is 14.5 Å². The number of nitrogens with one attached hydrogen (secondary N) is 1. The quantitative estimate of drug-likeness (QED) is 0.889. The molecule has 0 radical (unpaired) electrons. The highest BCUT2D eigenvalue weighted by molar-refractivity contribution is 5.45. The fourth-order valence-electron chi connectivity index (χ4n) is 1.72. The summed E-state index contributed by atoms with van der Waals surface area (Å²) in [5.74, 6) is -1.70. The van der Waals surface area contributed by atoms with E-state index in [0.717, 1.165) is 17.8 Å². The number of aromatic nitrogens is 2. The van der Waals surface area contributed by atoms with Gasteiger partial charge in [0.05, 0.1) is 11.7 Å². The third-order valence-electron chi connectivity index (χ3n) is 2.61. The molecule has 17 heavy (non-hydrogen) atoms. The van der Waals surface area contributed by atoms with Crippen molar-refractivity contribution in [2.75, 3.05) is 5.32 Å².